The summed E-state index contributed by atoms with van der Waals surface area (Å²) >= 11 is 5.92. The van der Waals surface area contributed by atoms with Crippen molar-refractivity contribution >= 4 is 34.9 Å². The Kier molecular flexibility index (Phi) is 4.98. The van der Waals surface area contributed by atoms with Crippen LogP contribution >= 0.6 is 11.6 Å². The van der Waals surface area contributed by atoms with Crippen LogP contribution in [0.1, 0.15) is 18.9 Å². The van der Waals surface area contributed by atoms with E-state index in [4.69, 9.17) is 11.6 Å². The first-order valence-corrected chi connectivity index (χ1v) is 9.74. The maximum absolute atomic E-state index is 13.6. The molecule has 2 aromatic rings. The molecule has 3 amide bonds. The van der Waals surface area contributed by atoms with Gasteiger partial charge in [0, 0.05) is 35.5 Å². The van der Waals surface area contributed by atoms with Gasteiger partial charge in [-0.1, -0.05) is 11.6 Å². The van der Waals surface area contributed by atoms with Gasteiger partial charge in [-0.2, -0.15) is 0 Å². The van der Waals surface area contributed by atoms with Gasteiger partial charge in [-0.15, -0.1) is 0 Å². The number of halogens is 2. The molecule has 0 aliphatic carbocycles. The second kappa shape index (κ2) is 7.43. The third-order valence-electron chi connectivity index (χ3n) is 5.40. The number of amides is 3. The fourth-order valence-electron chi connectivity index (χ4n) is 3.93. The van der Waals surface area contributed by atoms with Crippen molar-refractivity contribution in [3.63, 3.8) is 0 Å². The predicted octanol–water partition coefficient (Wildman–Crippen LogP) is 4.09. The number of aryl methyl sites for hydroxylation is 1. The number of nitrogens with zero attached hydrogens (tertiary/aromatic N) is 3. The number of hydrogen-bond acceptors (Lipinski definition) is 2. The lowest BCUT2D eigenvalue weighted by Gasteiger charge is -2.36. The summed E-state index contributed by atoms with van der Waals surface area (Å²) in [5, 5.41) is 0.608. The van der Waals surface area contributed by atoms with E-state index in [1.54, 1.807) is 45.0 Å². The summed E-state index contributed by atoms with van der Waals surface area (Å²) in [7, 11) is 0. The molecule has 5 nitrogen and oxygen atoms in total. The van der Waals surface area contributed by atoms with E-state index >= 15 is 0 Å². The third-order valence-corrected chi connectivity index (χ3v) is 5.65. The highest BCUT2D eigenvalue weighted by Gasteiger charge is 2.34. The lowest BCUT2D eigenvalue weighted by atomic mass is 9.96. The zero-order valence-corrected chi connectivity index (χ0v) is 16.3. The summed E-state index contributed by atoms with van der Waals surface area (Å²) in [6.07, 6.45) is 1.51. The van der Waals surface area contributed by atoms with Crippen molar-refractivity contribution in [1.29, 1.82) is 0 Å². The van der Waals surface area contributed by atoms with Crippen LogP contribution in [0.4, 0.5) is 20.6 Å². The molecule has 0 bridgehead atoms. The van der Waals surface area contributed by atoms with Crippen LogP contribution in [0.2, 0.25) is 5.02 Å². The first kappa shape index (κ1) is 18.7. The van der Waals surface area contributed by atoms with Crippen LogP contribution in [-0.2, 0) is 11.2 Å². The van der Waals surface area contributed by atoms with E-state index in [-0.39, 0.29) is 30.3 Å². The van der Waals surface area contributed by atoms with Crippen LogP contribution in [0.15, 0.2) is 42.5 Å². The van der Waals surface area contributed by atoms with E-state index in [1.807, 2.05) is 6.92 Å². The van der Waals surface area contributed by atoms with Crippen molar-refractivity contribution in [3.8, 4) is 0 Å². The number of hydrogen-bond donors (Lipinski definition) is 0. The average molecular weight is 402 g/mol. The quantitative estimate of drug-likeness (QED) is 0.777. The van der Waals surface area contributed by atoms with Crippen molar-refractivity contribution in [2.24, 2.45) is 0 Å². The van der Waals surface area contributed by atoms with Crippen molar-refractivity contribution < 1.29 is 14.0 Å². The highest BCUT2D eigenvalue weighted by atomic mass is 35.5. The Labute approximate surface area is 168 Å². The Bertz CT molecular complexity index is 918. The van der Waals surface area contributed by atoms with Crippen molar-refractivity contribution in [2.75, 3.05) is 29.4 Å². The van der Waals surface area contributed by atoms with Gasteiger partial charge in [-0.05, 0) is 67.8 Å². The van der Waals surface area contributed by atoms with Gasteiger partial charge in [0.2, 0.25) is 5.91 Å². The van der Waals surface area contributed by atoms with Crippen molar-refractivity contribution in [1.82, 2.24) is 4.90 Å². The molecule has 0 aromatic heterocycles. The molecule has 0 spiro atoms. The van der Waals surface area contributed by atoms with Gasteiger partial charge in [0.15, 0.2) is 0 Å². The molecule has 1 saturated heterocycles. The van der Waals surface area contributed by atoms with E-state index in [0.717, 1.165) is 29.8 Å². The molecule has 2 aliphatic heterocycles. The van der Waals surface area contributed by atoms with Crippen LogP contribution in [0.25, 0.3) is 0 Å². The third kappa shape index (κ3) is 3.44. The molecule has 0 radical (unpaired) electrons. The lowest BCUT2D eigenvalue weighted by molar-refractivity contribution is -0.119. The molecule has 2 heterocycles. The summed E-state index contributed by atoms with van der Waals surface area (Å²) in [6, 6.07) is 11.4. The van der Waals surface area contributed by atoms with Gasteiger partial charge in [0.1, 0.15) is 12.4 Å². The van der Waals surface area contributed by atoms with Gasteiger partial charge in [-0.25, -0.2) is 9.18 Å². The standard InChI is InChI=1S/C21H21ClFN3O2/c1-14-2-3-15-12-17(23)6-9-19(15)26(14)20(27)13-24-10-11-25(21(24)28)18-7-4-16(22)5-8-18/h4-9,12,14H,2-3,10-11,13H2,1H3. The number of fused-ring (bicyclic) bond motifs is 1. The van der Waals surface area contributed by atoms with Crippen LogP contribution in [0.3, 0.4) is 0 Å². The largest absolute Gasteiger partial charge is 0.325 e. The zero-order valence-electron chi connectivity index (χ0n) is 15.6. The molecular formula is C21H21ClFN3O2. The second-order valence-electron chi connectivity index (χ2n) is 7.26. The van der Waals surface area contributed by atoms with Crippen LogP contribution in [0, 0.1) is 5.82 Å². The molecule has 146 valence electrons. The topological polar surface area (TPSA) is 43.9 Å². The van der Waals surface area contributed by atoms with E-state index in [0.29, 0.717) is 18.1 Å². The number of rotatable bonds is 3. The molecule has 2 aromatic carbocycles. The normalized spacial score (nSPS) is 19.2. The smallest absolute Gasteiger partial charge is 0.313 e. The first-order chi connectivity index (χ1) is 13.4. The first-order valence-electron chi connectivity index (χ1n) is 9.36. The Morgan fingerprint density at radius 2 is 1.93 bits per heavy atom. The lowest BCUT2D eigenvalue weighted by Crippen LogP contribution is -2.48. The molecule has 1 atom stereocenters. The Balaban J connectivity index is 1.50. The minimum absolute atomic E-state index is 0.00405. The molecule has 1 fully saturated rings. The van der Waals surface area contributed by atoms with Gasteiger partial charge < -0.3 is 9.80 Å². The van der Waals surface area contributed by atoms with Crippen LogP contribution in [0.5, 0.6) is 0 Å². The molecule has 0 saturated carbocycles. The average Bonchev–Trinajstić information content (AvgIpc) is 3.03. The maximum Gasteiger partial charge on any atom is 0.325 e. The second-order valence-corrected chi connectivity index (χ2v) is 7.69. The molecule has 1 unspecified atom stereocenters. The number of urea groups is 1. The van der Waals surface area contributed by atoms with Crippen molar-refractivity contribution in [3.05, 3.63) is 58.9 Å². The fraction of sp³-hybridized carbons (Fsp3) is 0.333. The minimum atomic E-state index is -0.297. The molecule has 28 heavy (non-hydrogen) atoms. The summed E-state index contributed by atoms with van der Waals surface area (Å²) in [5.41, 5.74) is 2.34. The van der Waals surface area contributed by atoms with Crippen LogP contribution in [-0.4, -0.2) is 42.5 Å². The number of carbonyl (C=O) groups is 2. The van der Waals surface area contributed by atoms with Gasteiger partial charge in [0.05, 0.1) is 0 Å². The molecule has 2 aliphatic rings. The molecule has 0 N–H and O–H groups in total. The predicted molar refractivity (Wildman–Crippen MR) is 107 cm³/mol. The fourth-order valence-corrected chi connectivity index (χ4v) is 4.06. The van der Waals surface area contributed by atoms with Gasteiger partial charge >= 0.3 is 6.03 Å². The monoisotopic (exact) mass is 401 g/mol. The summed E-state index contributed by atoms with van der Waals surface area (Å²) in [4.78, 5) is 30.7. The zero-order chi connectivity index (χ0) is 19.8. The SMILES string of the molecule is CC1CCc2cc(F)ccc2N1C(=O)CN1CCN(c2ccc(Cl)cc2)C1=O. The molecule has 7 heteroatoms. The Morgan fingerprint density at radius 1 is 1.18 bits per heavy atom. The molecular weight excluding hydrogens is 381 g/mol. The number of benzene rings is 2. The summed E-state index contributed by atoms with van der Waals surface area (Å²) in [6.45, 7) is 2.98. The van der Waals surface area contributed by atoms with E-state index in [1.165, 1.54) is 12.1 Å². The van der Waals surface area contributed by atoms with Crippen molar-refractivity contribution in [2.45, 2.75) is 25.8 Å². The maximum atomic E-state index is 13.6. The number of anilines is 2. The highest BCUT2D eigenvalue weighted by molar-refractivity contribution is 6.30. The number of carbonyl (C=O) groups excluding carboxylic acids is 2. The summed E-state index contributed by atoms with van der Waals surface area (Å²) in [5.74, 6) is -0.444. The highest BCUT2D eigenvalue weighted by Crippen LogP contribution is 2.32. The summed E-state index contributed by atoms with van der Waals surface area (Å²) < 4.78 is 13.6. The Hall–Kier alpha value is -2.60. The van der Waals surface area contributed by atoms with Gasteiger partial charge in [-0.3, -0.25) is 9.69 Å². The van der Waals surface area contributed by atoms with Gasteiger partial charge in [0.25, 0.3) is 0 Å². The van der Waals surface area contributed by atoms with E-state index in [2.05, 4.69) is 0 Å². The van der Waals surface area contributed by atoms with E-state index in [9.17, 15) is 14.0 Å². The minimum Gasteiger partial charge on any atom is -0.313 e. The molecule has 4 rings (SSSR count). The van der Waals surface area contributed by atoms with Crippen LogP contribution < -0.4 is 9.80 Å². The van der Waals surface area contributed by atoms with E-state index < -0.39 is 0 Å². The Morgan fingerprint density at radius 3 is 2.68 bits per heavy atom.